The van der Waals surface area contributed by atoms with Gasteiger partial charge in [0, 0.05) is 6.54 Å². The lowest BCUT2D eigenvalue weighted by Gasteiger charge is -2.09. The van der Waals surface area contributed by atoms with Crippen LogP contribution in [-0.2, 0) is 24.4 Å². The Labute approximate surface area is 124 Å². The normalized spacial score (nSPS) is 10.2. The van der Waals surface area contributed by atoms with E-state index in [1.54, 1.807) is 7.11 Å². The zero-order chi connectivity index (χ0) is 15.1. The zero-order valence-electron chi connectivity index (χ0n) is 12.0. The Bertz CT molecular complexity index is 610. The summed E-state index contributed by atoms with van der Waals surface area (Å²) < 4.78 is 5.14. The molecule has 0 bridgehead atoms. The van der Waals surface area contributed by atoms with Gasteiger partial charge in [-0.05, 0) is 28.8 Å². The standard InChI is InChI=1S/C17H19NO3/c1-21-16-8-4-5-13(9-16)10-17(20)18-11-14-6-2-3-7-15(14)12-19/h2-9,19H,10-12H2,1H3,(H,18,20). The van der Waals surface area contributed by atoms with Gasteiger partial charge in [-0.15, -0.1) is 0 Å². The third-order valence-electron chi connectivity index (χ3n) is 3.26. The van der Waals surface area contributed by atoms with Crippen molar-refractivity contribution in [2.75, 3.05) is 7.11 Å². The van der Waals surface area contributed by atoms with Crippen LogP contribution < -0.4 is 10.1 Å². The number of ether oxygens (including phenoxy) is 1. The maximum Gasteiger partial charge on any atom is 0.224 e. The molecule has 110 valence electrons. The number of rotatable bonds is 6. The third kappa shape index (κ3) is 4.33. The molecule has 0 unspecified atom stereocenters. The summed E-state index contributed by atoms with van der Waals surface area (Å²) in [5.41, 5.74) is 2.67. The third-order valence-corrected chi connectivity index (χ3v) is 3.26. The maximum atomic E-state index is 12.0. The maximum absolute atomic E-state index is 12.0. The second-order valence-corrected chi connectivity index (χ2v) is 4.73. The summed E-state index contributed by atoms with van der Waals surface area (Å²) in [5, 5.41) is 12.1. The van der Waals surface area contributed by atoms with Gasteiger partial charge in [0.1, 0.15) is 5.75 Å². The molecule has 0 heterocycles. The topological polar surface area (TPSA) is 58.6 Å². The number of carbonyl (C=O) groups excluding carboxylic acids is 1. The first kappa shape index (κ1) is 15.1. The number of carbonyl (C=O) groups is 1. The molecule has 2 rings (SSSR count). The predicted octanol–water partition coefficient (Wildman–Crippen LogP) is 2.05. The Kier molecular flexibility index (Phi) is 5.35. The van der Waals surface area contributed by atoms with Crippen molar-refractivity contribution in [3.05, 3.63) is 65.2 Å². The molecular formula is C17H19NO3. The van der Waals surface area contributed by atoms with Crippen molar-refractivity contribution in [2.45, 2.75) is 19.6 Å². The number of aliphatic hydroxyl groups excluding tert-OH is 1. The Morgan fingerprint density at radius 3 is 2.62 bits per heavy atom. The van der Waals surface area contributed by atoms with Crippen LogP contribution in [0.4, 0.5) is 0 Å². The van der Waals surface area contributed by atoms with Gasteiger partial charge in [-0.1, -0.05) is 36.4 Å². The van der Waals surface area contributed by atoms with Crippen LogP contribution in [0, 0.1) is 0 Å². The summed E-state index contributed by atoms with van der Waals surface area (Å²) in [6, 6.07) is 15.0. The van der Waals surface area contributed by atoms with Crippen LogP contribution in [0.5, 0.6) is 5.75 Å². The summed E-state index contributed by atoms with van der Waals surface area (Å²) in [6.07, 6.45) is 0.304. The minimum absolute atomic E-state index is 0.0259. The van der Waals surface area contributed by atoms with Gasteiger partial charge in [0.25, 0.3) is 0 Å². The summed E-state index contributed by atoms with van der Waals surface area (Å²) in [6.45, 7) is 0.390. The molecule has 0 fully saturated rings. The number of nitrogens with one attached hydrogen (secondary N) is 1. The van der Waals surface area contributed by atoms with Crippen LogP contribution in [0.1, 0.15) is 16.7 Å². The largest absolute Gasteiger partial charge is 0.497 e. The van der Waals surface area contributed by atoms with Crippen molar-refractivity contribution in [1.82, 2.24) is 5.32 Å². The van der Waals surface area contributed by atoms with Gasteiger partial charge in [0.05, 0.1) is 20.1 Å². The fourth-order valence-electron chi connectivity index (χ4n) is 2.11. The number of amides is 1. The first-order chi connectivity index (χ1) is 10.2. The molecule has 1 amide bonds. The summed E-state index contributed by atoms with van der Waals surface area (Å²) >= 11 is 0. The Morgan fingerprint density at radius 2 is 1.90 bits per heavy atom. The molecule has 0 atom stereocenters. The number of aliphatic hydroxyl groups is 1. The van der Waals surface area contributed by atoms with Crippen LogP contribution in [0.2, 0.25) is 0 Å². The van der Waals surface area contributed by atoms with Gasteiger partial charge in [0.15, 0.2) is 0 Å². The van der Waals surface area contributed by atoms with E-state index in [2.05, 4.69) is 5.32 Å². The lowest BCUT2D eigenvalue weighted by Crippen LogP contribution is -2.25. The highest BCUT2D eigenvalue weighted by molar-refractivity contribution is 5.78. The smallest absolute Gasteiger partial charge is 0.224 e. The molecule has 0 saturated carbocycles. The van der Waals surface area contributed by atoms with Crippen molar-refractivity contribution in [3.8, 4) is 5.75 Å². The van der Waals surface area contributed by atoms with Crippen LogP contribution in [-0.4, -0.2) is 18.1 Å². The second kappa shape index (κ2) is 7.45. The van der Waals surface area contributed by atoms with E-state index in [1.165, 1.54) is 0 Å². The molecule has 0 aliphatic heterocycles. The Balaban J connectivity index is 1.92. The van der Waals surface area contributed by atoms with Gasteiger partial charge in [-0.2, -0.15) is 0 Å². The molecule has 4 heteroatoms. The molecule has 0 aromatic heterocycles. The van der Waals surface area contributed by atoms with Crippen LogP contribution >= 0.6 is 0 Å². The quantitative estimate of drug-likeness (QED) is 0.854. The molecule has 0 saturated heterocycles. The lowest BCUT2D eigenvalue weighted by atomic mass is 10.1. The summed E-state index contributed by atoms with van der Waals surface area (Å²) in [5.74, 6) is 0.682. The van der Waals surface area contributed by atoms with E-state index in [4.69, 9.17) is 4.74 Å². The molecule has 2 aromatic rings. The number of hydrogen-bond donors (Lipinski definition) is 2. The van der Waals surface area contributed by atoms with E-state index < -0.39 is 0 Å². The fraction of sp³-hybridized carbons (Fsp3) is 0.235. The highest BCUT2D eigenvalue weighted by Crippen LogP contribution is 2.13. The van der Waals surface area contributed by atoms with Gasteiger partial charge >= 0.3 is 0 Å². The first-order valence-electron chi connectivity index (χ1n) is 6.80. The van der Waals surface area contributed by atoms with E-state index in [0.717, 1.165) is 22.4 Å². The van der Waals surface area contributed by atoms with Gasteiger partial charge in [0.2, 0.25) is 5.91 Å². The molecule has 2 aromatic carbocycles. The average molecular weight is 285 g/mol. The molecule has 0 aliphatic rings. The van der Waals surface area contributed by atoms with Crippen LogP contribution in [0.15, 0.2) is 48.5 Å². The summed E-state index contributed by atoms with van der Waals surface area (Å²) in [4.78, 5) is 12.0. The molecule has 4 nitrogen and oxygen atoms in total. The van der Waals surface area contributed by atoms with E-state index in [1.807, 2.05) is 48.5 Å². The van der Waals surface area contributed by atoms with Crippen molar-refractivity contribution in [1.29, 1.82) is 0 Å². The molecule has 2 N–H and O–H groups in total. The van der Waals surface area contributed by atoms with Gasteiger partial charge in [-0.3, -0.25) is 4.79 Å². The van der Waals surface area contributed by atoms with E-state index in [-0.39, 0.29) is 12.5 Å². The Hall–Kier alpha value is -2.33. The lowest BCUT2D eigenvalue weighted by molar-refractivity contribution is -0.120. The zero-order valence-corrected chi connectivity index (χ0v) is 12.0. The average Bonchev–Trinajstić information content (AvgIpc) is 2.53. The number of benzene rings is 2. The van der Waals surface area contributed by atoms with E-state index in [0.29, 0.717) is 13.0 Å². The predicted molar refractivity (Wildman–Crippen MR) is 80.9 cm³/mol. The molecule has 21 heavy (non-hydrogen) atoms. The van der Waals surface area contributed by atoms with E-state index >= 15 is 0 Å². The molecule has 0 radical (unpaired) electrons. The highest BCUT2D eigenvalue weighted by Gasteiger charge is 2.06. The van der Waals surface area contributed by atoms with Crippen LogP contribution in [0.3, 0.4) is 0 Å². The van der Waals surface area contributed by atoms with Crippen molar-refractivity contribution < 1.29 is 14.6 Å². The minimum Gasteiger partial charge on any atom is -0.497 e. The fourth-order valence-corrected chi connectivity index (χ4v) is 2.11. The van der Waals surface area contributed by atoms with Gasteiger partial charge < -0.3 is 15.2 Å². The Morgan fingerprint density at radius 1 is 1.14 bits per heavy atom. The van der Waals surface area contributed by atoms with Crippen molar-refractivity contribution in [2.24, 2.45) is 0 Å². The highest BCUT2D eigenvalue weighted by atomic mass is 16.5. The molecule has 0 aliphatic carbocycles. The van der Waals surface area contributed by atoms with Gasteiger partial charge in [-0.25, -0.2) is 0 Å². The van der Waals surface area contributed by atoms with Crippen LogP contribution in [0.25, 0.3) is 0 Å². The number of hydrogen-bond acceptors (Lipinski definition) is 3. The van der Waals surface area contributed by atoms with E-state index in [9.17, 15) is 9.90 Å². The van der Waals surface area contributed by atoms with Crippen molar-refractivity contribution >= 4 is 5.91 Å². The minimum atomic E-state index is -0.0593. The van der Waals surface area contributed by atoms with Crippen molar-refractivity contribution in [3.63, 3.8) is 0 Å². The first-order valence-corrected chi connectivity index (χ1v) is 6.80. The summed E-state index contributed by atoms with van der Waals surface area (Å²) in [7, 11) is 1.60. The SMILES string of the molecule is COc1cccc(CC(=O)NCc2ccccc2CO)c1. The number of methoxy groups -OCH3 is 1. The molecule has 0 spiro atoms. The monoisotopic (exact) mass is 285 g/mol. The molecular weight excluding hydrogens is 266 g/mol. The second-order valence-electron chi connectivity index (χ2n) is 4.73.